The number of hydrazone groups is 1. The van der Waals surface area contributed by atoms with Gasteiger partial charge in [-0.3, -0.25) is 5.01 Å². The van der Waals surface area contributed by atoms with Crippen LogP contribution in [0, 0.1) is 25.7 Å². The number of hydrogen-bond donors (Lipinski definition) is 0. The summed E-state index contributed by atoms with van der Waals surface area (Å²) in [7, 11) is 0. The third-order valence-corrected chi connectivity index (χ3v) is 7.57. The van der Waals surface area contributed by atoms with Crippen LogP contribution in [0.5, 0.6) is 0 Å². The third-order valence-electron chi connectivity index (χ3n) is 7.57. The Labute approximate surface area is 195 Å². The average Bonchev–Trinajstić information content (AvgIpc) is 3.49. The van der Waals surface area contributed by atoms with Crippen molar-refractivity contribution < 1.29 is 17.9 Å². The van der Waals surface area contributed by atoms with Gasteiger partial charge in [0.2, 0.25) is 5.95 Å². The van der Waals surface area contributed by atoms with E-state index in [0.717, 1.165) is 17.9 Å². The van der Waals surface area contributed by atoms with Crippen LogP contribution < -0.4 is 4.90 Å². The molecule has 2 aromatic heterocycles. The topological polar surface area (TPSA) is 79.6 Å². The van der Waals surface area contributed by atoms with Gasteiger partial charge in [-0.15, -0.1) is 0 Å². The van der Waals surface area contributed by atoms with E-state index in [1.54, 1.807) is 0 Å². The molecule has 1 saturated heterocycles. The molecule has 2 aromatic rings. The van der Waals surface area contributed by atoms with Crippen molar-refractivity contribution in [3.63, 3.8) is 0 Å². The SMILES string of the molecule is Cc1nc2nc(N3CCO[C@H](C4C=NN(C5CC5)C4)C3)nc([C@H]3C[C@H](C(F)(F)F)C3)c2nc1C. The summed E-state index contributed by atoms with van der Waals surface area (Å²) in [4.78, 5) is 20.8. The molecule has 2 atom stereocenters. The number of aryl methyl sites for hydroxylation is 2. The summed E-state index contributed by atoms with van der Waals surface area (Å²) in [6.07, 6.45) is 0.248. The van der Waals surface area contributed by atoms with Gasteiger partial charge in [0.15, 0.2) is 5.65 Å². The van der Waals surface area contributed by atoms with Crippen molar-refractivity contribution in [1.82, 2.24) is 24.9 Å². The van der Waals surface area contributed by atoms with Crippen molar-refractivity contribution in [3.8, 4) is 0 Å². The molecule has 2 aliphatic carbocycles. The van der Waals surface area contributed by atoms with Gasteiger partial charge in [0, 0.05) is 43.7 Å². The van der Waals surface area contributed by atoms with Crippen molar-refractivity contribution in [3.05, 3.63) is 17.1 Å². The minimum Gasteiger partial charge on any atom is -0.374 e. The number of morpholine rings is 1. The number of halogens is 3. The quantitative estimate of drug-likeness (QED) is 0.671. The number of alkyl halides is 3. The first-order valence-electron chi connectivity index (χ1n) is 12.0. The predicted octanol–water partition coefficient (Wildman–Crippen LogP) is 3.38. The normalized spacial score (nSPS) is 29.7. The summed E-state index contributed by atoms with van der Waals surface area (Å²) in [6.45, 7) is 6.33. The second-order valence-electron chi connectivity index (χ2n) is 10.0. The molecule has 0 N–H and O–H groups in total. The Morgan fingerprint density at radius 2 is 1.76 bits per heavy atom. The van der Waals surface area contributed by atoms with E-state index >= 15 is 0 Å². The Hall–Kier alpha value is -2.56. The van der Waals surface area contributed by atoms with E-state index in [-0.39, 0.29) is 30.8 Å². The largest absolute Gasteiger partial charge is 0.391 e. The van der Waals surface area contributed by atoms with Crippen LogP contribution >= 0.6 is 0 Å². The number of ether oxygens (including phenoxy) is 1. The Morgan fingerprint density at radius 1 is 1.00 bits per heavy atom. The lowest BCUT2D eigenvalue weighted by molar-refractivity contribution is -0.197. The summed E-state index contributed by atoms with van der Waals surface area (Å²) in [5.41, 5.74) is 3.05. The first-order chi connectivity index (χ1) is 16.3. The Bertz CT molecular complexity index is 1130. The van der Waals surface area contributed by atoms with E-state index in [2.05, 4.69) is 25.0 Å². The van der Waals surface area contributed by atoms with E-state index in [1.807, 2.05) is 20.1 Å². The molecule has 0 amide bonds. The number of aromatic nitrogens is 4. The second-order valence-corrected chi connectivity index (χ2v) is 10.0. The van der Waals surface area contributed by atoms with Gasteiger partial charge in [-0.1, -0.05) is 0 Å². The fourth-order valence-electron chi connectivity index (χ4n) is 5.08. The number of fused-ring (bicyclic) bond motifs is 1. The fourth-order valence-corrected chi connectivity index (χ4v) is 5.08. The second kappa shape index (κ2) is 8.00. The molecule has 0 bridgehead atoms. The van der Waals surface area contributed by atoms with Crippen LogP contribution in [-0.4, -0.2) is 75.7 Å². The Kier molecular flexibility index (Phi) is 5.16. The summed E-state index contributed by atoms with van der Waals surface area (Å²) in [6, 6.07) is 0.570. The highest BCUT2D eigenvalue weighted by molar-refractivity contribution is 5.75. The molecule has 0 aromatic carbocycles. The molecule has 6 rings (SSSR count). The number of rotatable bonds is 4. The summed E-state index contributed by atoms with van der Waals surface area (Å²) >= 11 is 0. The van der Waals surface area contributed by atoms with Crippen LogP contribution in [0.25, 0.3) is 11.2 Å². The molecule has 0 spiro atoms. The van der Waals surface area contributed by atoms with Gasteiger partial charge >= 0.3 is 6.18 Å². The van der Waals surface area contributed by atoms with Crippen LogP contribution in [0.1, 0.15) is 48.7 Å². The molecule has 1 unspecified atom stereocenters. The van der Waals surface area contributed by atoms with Crippen LogP contribution in [0.3, 0.4) is 0 Å². The Morgan fingerprint density at radius 3 is 2.50 bits per heavy atom. The molecule has 4 heterocycles. The molecule has 4 aliphatic rings. The van der Waals surface area contributed by atoms with E-state index in [9.17, 15) is 13.2 Å². The van der Waals surface area contributed by atoms with Crippen molar-refractivity contribution in [1.29, 1.82) is 0 Å². The molecular formula is C23H28F3N7O. The van der Waals surface area contributed by atoms with Crippen molar-refractivity contribution in [2.24, 2.45) is 16.9 Å². The van der Waals surface area contributed by atoms with Crippen molar-refractivity contribution >= 4 is 23.3 Å². The van der Waals surface area contributed by atoms with E-state index in [1.165, 1.54) is 12.8 Å². The predicted molar refractivity (Wildman–Crippen MR) is 120 cm³/mol. The van der Waals surface area contributed by atoms with Crippen LogP contribution in [0.4, 0.5) is 19.1 Å². The maximum absolute atomic E-state index is 13.2. The van der Waals surface area contributed by atoms with Gasteiger partial charge in [-0.25, -0.2) is 15.0 Å². The van der Waals surface area contributed by atoms with Crippen molar-refractivity contribution in [2.45, 2.75) is 63.8 Å². The summed E-state index contributed by atoms with van der Waals surface area (Å²) in [5, 5.41) is 6.72. The highest BCUT2D eigenvalue weighted by atomic mass is 19.4. The third kappa shape index (κ3) is 3.97. The number of hydrogen-bond acceptors (Lipinski definition) is 8. The molecule has 0 radical (unpaired) electrons. The van der Waals surface area contributed by atoms with Gasteiger partial charge in [0.25, 0.3) is 0 Å². The highest BCUT2D eigenvalue weighted by Gasteiger charge is 2.49. The number of nitrogens with zero attached hydrogens (tertiary/aromatic N) is 7. The standard InChI is InChI=1S/C23H28F3N7O/c1-12-13(2)29-21-20(28-12)19(14-7-16(8-14)23(24,25)26)30-22(31-21)32-5-6-34-18(11-32)15-9-27-33(10-15)17-3-4-17/h9,14-18H,3-8,10-11H2,1-2H3/t14-,15?,16-,18-/m0/s1. The molecule has 182 valence electrons. The van der Waals surface area contributed by atoms with Gasteiger partial charge in [0.05, 0.1) is 35.7 Å². The molecule has 34 heavy (non-hydrogen) atoms. The highest BCUT2D eigenvalue weighted by Crippen LogP contribution is 2.50. The maximum atomic E-state index is 13.2. The van der Waals surface area contributed by atoms with Gasteiger partial charge in [0.1, 0.15) is 5.52 Å². The molecule has 3 fully saturated rings. The fraction of sp³-hybridized carbons (Fsp3) is 0.696. The lowest BCUT2D eigenvalue weighted by Gasteiger charge is -2.38. The molecule has 8 nitrogen and oxygen atoms in total. The van der Waals surface area contributed by atoms with E-state index in [4.69, 9.17) is 14.7 Å². The maximum Gasteiger partial charge on any atom is 0.391 e. The zero-order valence-electron chi connectivity index (χ0n) is 19.3. The first kappa shape index (κ1) is 21.9. The lowest BCUT2D eigenvalue weighted by atomic mass is 9.72. The molecule has 2 saturated carbocycles. The van der Waals surface area contributed by atoms with Crippen LogP contribution in [0.2, 0.25) is 0 Å². The minimum absolute atomic E-state index is 0.0327. The zero-order valence-corrected chi connectivity index (χ0v) is 19.3. The summed E-state index contributed by atoms with van der Waals surface area (Å²) < 4.78 is 45.6. The van der Waals surface area contributed by atoms with E-state index in [0.29, 0.717) is 48.5 Å². The average molecular weight is 476 g/mol. The van der Waals surface area contributed by atoms with Crippen LogP contribution in [0.15, 0.2) is 5.10 Å². The first-order valence-corrected chi connectivity index (χ1v) is 12.0. The number of anilines is 1. The lowest BCUT2D eigenvalue weighted by Crippen LogP contribution is -2.48. The monoisotopic (exact) mass is 475 g/mol. The van der Waals surface area contributed by atoms with Gasteiger partial charge < -0.3 is 9.64 Å². The van der Waals surface area contributed by atoms with Gasteiger partial charge in [-0.2, -0.15) is 23.3 Å². The van der Waals surface area contributed by atoms with Crippen LogP contribution in [-0.2, 0) is 4.74 Å². The minimum atomic E-state index is -4.17. The molecule has 11 heteroatoms. The molecule has 2 aliphatic heterocycles. The van der Waals surface area contributed by atoms with Crippen molar-refractivity contribution in [2.75, 3.05) is 31.1 Å². The zero-order chi connectivity index (χ0) is 23.6. The van der Waals surface area contributed by atoms with E-state index < -0.39 is 12.1 Å². The Balaban J connectivity index is 1.28. The summed E-state index contributed by atoms with van der Waals surface area (Å²) in [5.74, 6) is -0.877. The van der Waals surface area contributed by atoms with Gasteiger partial charge in [-0.05, 0) is 39.5 Å². The smallest absolute Gasteiger partial charge is 0.374 e. The molecular weight excluding hydrogens is 447 g/mol.